The summed E-state index contributed by atoms with van der Waals surface area (Å²) in [6.45, 7) is 1.70. The van der Waals surface area contributed by atoms with Crippen LogP contribution in [-0.4, -0.2) is 22.5 Å². The average Bonchev–Trinajstić information content (AvgIpc) is 3.00. The molecule has 1 aliphatic rings. The summed E-state index contributed by atoms with van der Waals surface area (Å²) in [5, 5.41) is 1.81. The monoisotopic (exact) mass is 285 g/mol. The van der Waals surface area contributed by atoms with Crippen molar-refractivity contribution in [2.75, 3.05) is 0 Å². The van der Waals surface area contributed by atoms with E-state index in [-0.39, 0.29) is 24.1 Å². The Morgan fingerprint density at radius 3 is 2.25 bits per heavy atom. The Labute approximate surface area is 119 Å². The van der Waals surface area contributed by atoms with Gasteiger partial charge in [0.2, 0.25) is 0 Å². The smallest absolute Gasteiger partial charge is 0.261 e. The van der Waals surface area contributed by atoms with Crippen LogP contribution >= 0.6 is 11.3 Å². The first-order chi connectivity index (χ1) is 9.58. The molecule has 20 heavy (non-hydrogen) atoms. The Hall–Kier alpha value is -2.27. The number of nitrogens with zero attached hydrogens (tertiary/aromatic N) is 1. The van der Waals surface area contributed by atoms with Crippen LogP contribution < -0.4 is 0 Å². The normalized spacial score (nSPS) is 13.8. The predicted octanol–water partition coefficient (Wildman–Crippen LogP) is 2.75. The number of rotatable bonds is 3. The quantitative estimate of drug-likeness (QED) is 0.643. The van der Waals surface area contributed by atoms with Crippen LogP contribution in [0.5, 0.6) is 0 Å². The lowest BCUT2D eigenvalue weighted by Gasteiger charge is -2.12. The van der Waals surface area contributed by atoms with Crippen molar-refractivity contribution in [1.82, 2.24) is 4.90 Å². The zero-order valence-electron chi connectivity index (χ0n) is 10.8. The molecule has 0 bridgehead atoms. The van der Waals surface area contributed by atoms with Crippen molar-refractivity contribution in [3.8, 4) is 0 Å². The van der Waals surface area contributed by atoms with E-state index in [1.807, 2.05) is 0 Å². The third-order valence-corrected chi connectivity index (χ3v) is 4.30. The number of carbonyl (C=O) groups excluding carboxylic acids is 3. The van der Waals surface area contributed by atoms with Crippen molar-refractivity contribution >= 4 is 28.9 Å². The minimum Gasteiger partial charge on any atom is -0.294 e. The van der Waals surface area contributed by atoms with Gasteiger partial charge in [-0.05, 0) is 36.1 Å². The second kappa shape index (κ2) is 4.68. The summed E-state index contributed by atoms with van der Waals surface area (Å²) in [6.07, 6.45) is 0. The Bertz CT molecular complexity index is 697. The maximum absolute atomic E-state index is 12.2. The van der Waals surface area contributed by atoms with E-state index in [0.717, 1.165) is 5.56 Å². The highest BCUT2D eigenvalue weighted by molar-refractivity contribution is 7.12. The van der Waals surface area contributed by atoms with Gasteiger partial charge in [0.15, 0.2) is 5.78 Å². The molecule has 0 fully saturated rings. The van der Waals surface area contributed by atoms with Gasteiger partial charge in [-0.2, -0.15) is 0 Å². The number of amides is 2. The Morgan fingerprint density at radius 2 is 1.75 bits per heavy atom. The fourth-order valence-corrected chi connectivity index (χ4v) is 3.01. The number of imide groups is 1. The van der Waals surface area contributed by atoms with Gasteiger partial charge in [0.05, 0.1) is 22.5 Å². The summed E-state index contributed by atoms with van der Waals surface area (Å²) < 4.78 is 0. The number of Topliss-reactive ketones (excluding diaryl/α,β-unsaturated/α-hetero) is 1. The molecule has 2 heterocycles. The van der Waals surface area contributed by atoms with E-state index >= 15 is 0 Å². The maximum Gasteiger partial charge on any atom is 0.261 e. The number of ketones is 1. The molecule has 0 N–H and O–H groups in total. The molecule has 0 unspecified atom stereocenters. The van der Waals surface area contributed by atoms with E-state index < -0.39 is 0 Å². The molecule has 3 rings (SSSR count). The first kappa shape index (κ1) is 12.7. The topological polar surface area (TPSA) is 54.5 Å². The van der Waals surface area contributed by atoms with E-state index in [4.69, 9.17) is 0 Å². The van der Waals surface area contributed by atoms with Crippen molar-refractivity contribution < 1.29 is 14.4 Å². The first-order valence-corrected chi connectivity index (χ1v) is 6.99. The summed E-state index contributed by atoms with van der Waals surface area (Å²) in [7, 11) is 0. The van der Waals surface area contributed by atoms with E-state index in [2.05, 4.69) is 0 Å². The van der Waals surface area contributed by atoms with Crippen LogP contribution in [0.25, 0.3) is 0 Å². The lowest BCUT2D eigenvalue weighted by atomic mass is 10.1. The molecule has 4 nitrogen and oxygen atoms in total. The van der Waals surface area contributed by atoms with Crippen LogP contribution in [0.15, 0.2) is 35.7 Å². The second-order valence-corrected chi connectivity index (χ2v) is 5.53. The van der Waals surface area contributed by atoms with E-state index in [1.165, 1.54) is 23.2 Å². The van der Waals surface area contributed by atoms with Crippen LogP contribution in [0, 0.1) is 0 Å². The van der Waals surface area contributed by atoms with Crippen molar-refractivity contribution in [2.24, 2.45) is 0 Å². The molecule has 1 aromatic carbocycles. The molecule has 0 saturated carbocycles. The van der Waals surface area contributed by atoms with Gasteiger partial charge in [-0.25, -0.2) is 0 Å². The Kier molecular flexibility index (Phi) is 2.99. The summed E-state index contributed by atoms with van der Waals surface area (Å²) in [5.41, 5.74) is 1.69. The number of thiophene rings is 1. The van der Waals surface area contributed by atoms with Gasteiger partial charge in [0.1, 0.15) is 0 Å². The molecule has 0 saturated heterocycles. The lowest BCUT2D eigenvalue weighted by molar-refractivity contribution is 0.0642. The third-order valence-electron chi connectivity index (χ3n) is 3.22. The van der Waals surface area contributed by atoms with Crippen molar-refractivity contribution in [2.45, 2.75) is 13.5 Å². The Morgan fingerprint density at radius 1 is 1.15 bits per heavy atom. The third kappa shape index (κ3) is 1.96. The van der Waals surface area contributed by atoms with Gasteiger partial charge in [0.25, 0.3) is 11.8 Å². The summed E-state index contributed by atoms with van der Waals surface area (Å²) in [6, 6.07) is 8.53. The number of benzene rings is 1. The molecule has 2 amide bonds. The van der Waals surface area contributed by atoms with Gasteiger partial charge >= 0.3 is 0 Å². The number of fused-ring (bicyclic) bond motifs is 1. The van der Waals surface area contributed by atoms with Gasteiger partial charge < -0.3 is 0 Å². The van der Waals surface area contributed by atoms with Crippen molar-refractivity contribution in [3.63, 3.8) is 0 Å². The lowest BCUT2D eigenvalue weighted by Crippen LogP contribution is -2.28. The molecule has 0 spiro atoms. The van der Waals surface area contributed by atoms with Crippen molar-refractivity contribution in [3.05, 3.63) is 57.3 Å². The highest BCUT2D eigenvalue weighted by Gasteiger charge is 2.35. The first-order valence-electron chi connectivity index (χ1n) is 6.11. The zero-order chi connectivity index (χ0) is 14.3. The second-order valence-electron chi connectivity index (χ2n) is 4.62. The molecule has 2 aromatic rings. The van der Waals surface area contributed by atoms with Gasteiger partial charge in [0, 0.05) is 0 Å². The predicted molar refractivity (Wildman–Crippen MR) is 75.0 cm³/mol. The number of carbonyl (C=O) groups is 3. The summed E-state index contributed by atoms with van der Waals surface area (Å²) in [5.74, 6) is -0.564. The van der Waals surface area contributed by atoms with Crippen LogP contribution in [0.4, 0.5) is 0 Å². The van der Waals surface area contributed by atoms with E-state index in [0.29, 0.717) is 16.0 Å². The Balaban J connectivity index is 1.87. The summed E-state index contributed by atoms with van der Waals surface area (Å²) in [4.78, 5) is 37.5. The van der Waals surface area contributed by atoms with Gasteiger partial charge in [-0.15, -0.1) is 11.3 Å². The fraction of sp³-hybridized carbons (Fsp3) is 0.133. The van der Waals surface area contributed by atoms with Crippen LogP contribution in [-0.2, 0) is 6.54 Å². The molecular formula is C15H11NO3S. The molecule has 1 aliphatic heterocycles. The molecular weight excluding hydrogens is 274 g/mol. The maximum atomic E-state index is 12.2. The molecule has 0 aliphatic carbocycles. The van der Waals surface area contributed by atoms with E-state index in [9.17, 15) is 14.4 Å². The molecule has 0 atom stereocenters. The highest BCUT2D eigenvalue weighted by Crippen LogP contribution is 2.25. The van der Waals surface area contributed by atoms with Crippen LogP contribution in [0.1, 0.15) is 42.9 Å². The standard InChI is InChI=1S/C15H11NO3S/c1-9(17)13-6-10(8-20-13)7-16-14(18)11-4-2-3-5-12(11)15(16)19/h2-6,8H,7H2,1H3. The molecule has 100 valence electrons. The SMILES string of the molecule is CC(=O)c1cc(CN2C(=O)c3ccccc3C2=O)cs1. The fourth-order valence-electron chi connectivity index (χ4n) is 2.21. The zero-order valence-corrected chi connectivity index (χ0v) is 11.6. The van der Waals surface area contributed by atoms with Gasteiger partial charge in [-0.3, -0.25) is 19.3 Å². The number of hydrogen-bond acceptors (Lipinski definition) is 4. The largest absolute Gasteiger partial charge is 0.294 e. The molecule has 0 radical (unpaired) electrons. The van der Waals surface area contributed by atoms with Crippen molar-refractivity contribution in [1.29, 1.82) is 0 Å². The number of hydrogen-bond donors (Lipinski definition) is 0. The summed E-state index contributed by atoms with van der Waals surface area (Å²) >= 11 is 1.33. The molecule has 1 aromatic heterocycles. The minimum absolute atomic E-state index is 0.0105. The molecule has 5 heteroatoms. The van der Waals surface area contributed by atoms with E-state index in [1.54, 1.807) is 35.7 Å². The van der Waals surface area contributed by atoms with Crippen LogP contribution in [0.3, 0.4) is 0 Å². The highest BCUT2D eigenvalue weighted by atomic mass is 32.1. The average molecular weight is 285 g/mol. The van der Waals surface area contributed by atoms with Gasteiger partial charge in [-0.1, -0.05) is 12.1 Å². The minimum atomic E-state index is -0.277. The van der Waals surface area contributed by atoms with Crippen LogP contribution in [0.2, 0.25) is 0 Å².